The van der Waals surface area contributed by atoms with E-state index in [4.69, 9.17) is 28.7 Å². The molecule has 1 aliphatic heterocycles. The molecule has 0 radical (unpaired) electrons. The molecular weight excluding hydrogens is 546 g/mol. The van der Waals surface area contributed by atoms with E-state index in [0.717, 1.165) is 0 Å². The van der Waals surface area contributed by atoms with Gasteiger partial charge < -0.3 is 28.6 Å². The number of ether oxygens (including phenoxy) is 5. The quantitative estimate of drug-likeness (QED) is 0.363. The first kappa shape index (κ1) is 29.7. The Kier molecular flexibility index (Phi) is 9.07. The van der Waals surface area contributed by atoms with Gasteiger partial charge in [0.05, 0.1) is 51.4 Å². The van der Waals surface area contributed by atoms with Gasteiger partial charge in [-0.1, -0.05) is 11.3 Å². The molecule has 1 aromatic heterocycles. The van der Waals surface area contributed by atoms with Gasteiger partial charge in [-0.3, -0.25) is 14.2 Å². The molecular formula is C30H35N3O7S. The monoisotopic (exact) mass is 581 g/mol. The van der Waals surface area contributed by atoms with Gasteiger partial charge in [0.2, 0.25) is 5.75 Å². The lowest BCUT2D eigenvalue weighted by molar-refractivity contribution is -0.127. The Hall–Kier alpha value is -4.25. The van der Waals surface area contributed by atoms with E-state index in [1.54, 1.807) is 67.0 Å². The second-order valence-electron chi connectivity index (χ2n) is 9.13. The highest BCUT2D eigenvalue weighted by atomic mass is 32.1. The lowest BCUT2D eigenvalue weighted by Gasteiger charge is -2.30. The van der Waals surface area contributed by atoms with Crippen LogP contribution in [0.1, 0.15) is 37.9 Å². The third-order valence-corrected chi connectivity index (χ3v) is 8.00. The van der Waals surface area contributed by atoms with Crippen molar-refractivity contribution in [3.8, 4) is 28.7 Å². The Morgan fingerprint density at radius 1 is 0.951 bits per heavy atom. The molecule has 3 aromatic rings. The van der Waals surface area contributed by atoms with Gasteiger partial charge in [-0.05, 0) is 62.7 Å². The lowest BCUT2D eigenvalue weighted by Crippen LogP contribution is -2.43. The van der Waals surface area contributed by atoms with E-state index in [9.17, 15) is 9.59 Å². The van der Waals surface area contributed by atoms with E-state index in [2.05, 4.69) is 0 Å². The number of amides is 1. The number of thiazole rings is 1. The standard InChI is InChI=1S/C30H35N3O7S/c1-9-32(10-2)29(35)25-17(3)31-30-33(26(25)20-16-19(36-4)11-12-21(20)37-5)28(34)24(41-30)15-18-13-22(38-6)27(40-8)23(14-18)39-7/h11-16,26H,9-10H2,1-8H3/b24-15-. The summed E-state index contributed by atoms with van der Waals surface area (Å²) in [5.41, 5.74) is 1.95. The predicted molar refractivity (Wildman–Crippen MR) is 157 cm³/mol. The van der Waals surface area contributed by atoms with Gasteiger partial charge in [0.25, 0.3) is 11.5 Å². The summed E-state index contributed by atoms with van der Waals surface area (Å²) >= 11 is 1.24. The van der Waals surface area contributed by atoms with Crippen molar-refractivity contribution in [2.45, 2.75) is 26.8 Å². The number of hydrogen-bond acceptors (Lipinski definition) is 9. The number of carbonyl (C=O) groups is 1. The predicted octanol–water partition coefficient (Wildman–Crippen LogP) is 3.15. The lowest BCUT2D eigenvalue weighted by atomic mass is 9.93. The molecule has 1 aliphatic rings. The molecule has 0 fully saturated rings. The van der Waals surface area contributed by atoms with Gasteiger partial charge in [0.1, 0.15) is 17.5 Å². The molecule has 0 bridgehead atoms. The normalized spacial score (nSPS) is 14.7. The molecule has 0 N–H and O–H groups in total. The first-order chi connectivity index (χ1) is 19.8. The summed E-state index contributed by atoms with van der Waals surface area (Å²) in [6.45, 7) is 6.67. The zero-order chi connectivity index (χ0) is 29.8. The fraction of sp³-hybridized carbons (Fsp3) is 0.367. The number of nitrogens with zero attached hydrogens (tertiary/aromatic N) is 3. The second-order valence-corrected chi connectivity index (χ2v) is 10.1. The van der Waals surface area contributed by atoms with E-state index in [1.165, 1.54) is 32.7 Å². The van der Waals surface area contributed by atoms with Gasteiger partial charge in [-0.2, -0.15) is 0 Å². The summed E-state index contributed by atoms with van der Waals surface area (Å²) in [6, 6.07) is 8.10. The van der Waals surface area contributed by atoms with Crippen LogP contribution in [0.25, 0.3) is 6.08 Å². The molecule has 11 heteroatoms. The largest absolute Gasteiger partial charge is 0.497 e. The van der Waals surface area contributed by atoms with Crippen molar-refractivity contribution < 1.29 is 28.5 Å². The van der Waals surface area contributed by atoms with Crippen molar-refractivity contribution in [2.75, 3.05) is 48.6 Å². The number of aromatic nitrogens is 1. The molecule has 218 valence electrons. The van der Waals surface area contributed by atoms with Crippen LogP contribution in [-0.4, -0.2) is 64.0 Å². The van der Waals surface area contributed by atoms with E-state index in [1.807, 2.05) is 13.8 Å². The Morgan fingerprint density at radius 3 is 2.12 bits per heavy atom. The average Bonchev–Trinajstić information content (AvgIpc) is 3.29. The molecule has 2 heterocycles. The van der Waals surface area contributed by atoms with Crippen LogP contribution >= 0.6 is 11.3 Å². The van der Waals surface area contributed by atoms with E-state index >= 15 is 0 Å². The summed E-state index contributed by atoms with van der Waals surface area (Å²) in [7, 11) is 7.73. The summed E-state index contributed by atoms with van der Waals surface area (Å²) in [6.07, 6.45) is 1.75. The molecule has 1 unspecified atom stereocenters. The molecule has 1 atom stereocenters. The summed E-state index contributed by atoms with van der Waals surface area (Å²) < 4.78 is 29.6. The van der Waals surface area contributed by atoms with E-state index < -0.39 is 6.04 Å². The molecule has 0 saturated carbocycles. The molecule has 0 saturated heterocycles. The zero-order valence-corrected chi connectivity index (χ0v) is 25.4. The number of likely N-dealkylation sites (N-methyl/N-ethyl adjacent to an activating group) is 1. The molecule has 2 aromatic carbocycles. The minimum atomic E-state index is -0.786. The SMILES string of the molecule is CCN(CC)C(=O)C1=C(C)N=c2s/c(=C\c3cc(OC)c(OC)c(OC)c3)c(=O)n2C1c1cc(OC)ccc1OC. The van der Waals surface area contributed by atoms with Crippen LogP contribution in [0, 0.1) is 0 Å². The van der Waals surface area contributed by atoms with Gasteiger partial charge in [-0.25, -0.2) is 4.99 Å². The van der Waals surface area contributed by atoms with Crippen LogP contribution in [-0.2, 0) is 4.79 Å². The Balaban J connectivity index is 2.02. The Bertz CT molecular complexity index is 1640. The van der Waals surface area contributed by atoms with Crippen LogP contribution in [0.3, 0.4) is 0 Å². The number of methoxy groups -OCH3 is 5. The molecule has 4 rings (SSSR count). The van der Waals surface area contributed by atoms with Crippen molar-refractivity contribution >= 4 is 23.3 Å². The van der Waals surface area contributed by atoms with Crippen molar-refractivity contribution in [3.63, 3.8) is 0 Å². The zero-order valence-electron chi connectivity index (χ0n) is 24.6. The molecule has 0 spiro atoms. The van der Waals surface area contributed by atoms with Crippen LogP contribution in [0.15, 0.2) is 51.4 Å². The Morgan fingerprint density at radius 2 is 1.59 bits per heavy atom. The minimum Gasteiger partial charge on any atom is -0.497 e. The van der Waals surface area contributed by atoms with Gasteiger partial charge in [-0.15, -0.1) is 0 Å². The minimum absolute atomic E-state index is 0.190. The maximum atomic E-state index is 14.1. The maximum Gasteiger partial charge on any atom is 0.271 e. The van der Waals surface area contributed by atoms with Crippen LogP contribution in [0.2, 0.25) is 0 Å². The molecule has 1 amide bonds. The average molecular weight is 582 g/mol. The Labute approximate surface area is 242 Å². The fourth-order valence-corrected chi connectivity index (χ4v) is 6.01. The van der Waals surface area contributed by atoms with Crippen molar-refractivity contribution in [3.05, 3.63) is 72.4 Å². The third-order valence-electron chi connectivity index (χ3n) is 7.02. The molecule has 41 heavy (non-hydrogen) atoms. The van der Waals surface area contributed by atoms with Gasteiger partial charge in [0.15, 0.2) is 16.3 Å². The van der Waals surface area contributed by atoms with E-state index in [0.29, 0.717) is 73.6 Å². The first-order valence-electron chi connectivity index (χ1n) is 13.1. The smallest absolute Gasteiger partial charge is 0.271 e. The summed E-state index contributed by atoms with van der Waals surface area (Å²) in [5.74, 6) is 2.29. The summed E-state index contributed by atoms with van der Waals surface area (Å²) in [5, 5.41) is 0. The number of hydrogen-bond donors (Lipinski definition) is 0. The molecule has 0 aliphatic carbocycles. The van der Waals surface area contributed by atoms with Gasteiger partial charge in [0, 0.05) is 18.7 Å². The highest BCUT2D eigenvalue weighted by Gasteiger charge is 2.36. The first-order valence-corrected chi connectivity index (χ1v) is 13.9. The fourth-order valence-electron chi connectivity index (χ4n) is 4.96. The van der Waals surface area contributed by atoms with Crippen molar-refractivity contribution in [2.24, 2.45) is 4.99 Å². The third kappa shape index (κ3) is 5.41. The second kappa shape index (κ2) is 12.5. The number of carbonyl (C=O) groups excluding carboxylic acids is 1. The number of benzene rings is 2. The van der Waals surface area contributed by atoms with Crippen LogP contribution in [0.4, 0.5) is 0 Å². The summed E-state index contributed by atoms with van der Waals surface area (Å²) in [4.78, 5) is 35.0. The van der Waals surface area contributed by atoms with Crippen molar-refractivity contribution in [1.82, 2.24) is 9.47 Å². The van der Waals surface area contributed by atoms with Crippen LogP contribution in [0.5, 0.6) is 28.7 Å². The van der Waals surface area contributed by atoms with Gasteiger partial charge >= 0.3 is 0 Å². The number of rotatable bonds is 10. The number of allylic oxidation sites excluding steroid dienone is 1. The highest BCUT2D eigenvalue weighted by molar-refractivity contribution is 7.07. The van der Waals surface area contributed by atoms with E-state index in [-0.39, 0.29) is 11.5 Å². The highest BCUT2D eigenvalue weighted by Crippen LogP contribution is 2.39. The topological polar surface area (TPSA) is 101 Å². The van der Waals surface area contributed by atoms with Crippen molar-refractivity contribution in [1.29, 1.82) is 0 Å². The molecule has 10 nitrogen and oxygen atoms in total. The maximum absolute atomic E-state index is 14.1. The van der Waals surface area contributed by atoms with Crippen LogP contribution < -0.4 is 38.6 Å². The number of fused-ring (bicyclic) bond motifs is 1.